The van der Waals surface area contributed by atoms with E-state index in [0.717, 1.165) is 5.56 Å². The summed E-state index contributed by atoms with van der Waals surface area (Å²) in [5.41, 5.74) is 1.65. The molecule has 0 N–H and O–H groups in total. The van der Waals surface area contributed by atoms with Crippen LogP contribution >= 0.6 is 0 Å². The van der Waals surface area contributed by atoms with E-state index in [2.05, 4.69) is 9.99 Å². The van der Waals surface area contributed by atoms with E-state index in [1.807, 2.05) is 0 Å². The molecule has 0 saturated heterocycles. The zero-order valence-corrected chi connectivity index (χ0v) is 9.52. The minimum Gasteiger partial charge on any atom is -0.497 e. The first kappa shape index (κ1) is 11.3. The minimum absolute atomic E-state index is 0.205. The Balaban J connectivity index is 2.29. The van der Waals surface area contributed by atoms with Gasteiger partial charge in [0.15, 0.2) is 0 Å². The second kappa shape index (κ2) is 4.37. The van der Waals surface area contributed by atoms with Crippen LogP contribution in [0.2, 0.25) is 0 Å². The van der Waals surface area contributed by atoms with Crippen molar-refractivity contribution >= 4 is 17.5 Å². The normalized spacial score (nSPS) is 15.9. The quantitative estimate of drug-likeness (QED) is 0.571. The zero-order valence-electron chi connectivity index (χ0n) is 9.52. The van der Waals surface area contributed by atoms with E-state index in [9.17, 15) is 9.59 Å². The Morgan fingerprint density at radius 2 is 2.18 bits per heavy atom. The minimum atomic E-state index is -0.543. The largest absolute Gasteiger partial charge is 0.497 e. The molecule has 2 rings (SSSR count). The third-order valence-corrected chi connectivity index (χ3v) is 2.46. The first-order valence-corrected chi connectivity index (χ1v) is 5.08. The van der Waals surface area contributed by atoms with Gasteiger partial charge in [0.25, 0.3) is 0 Å². The van der Waals surface area contributed by atoms with Gasteiger partial charge in [0.1, 0.15) is 11.5 Å². The summed E-state index contributed by atoms with van der Waals surface area (Å²) >= 11 is 0. The van der Waals surface area contributed by atoms with Crippen molar-refractivity contribution in [3.8, 4) is 5.75 Å². The lowest BCUT2D eigenvalue weighted by molar-refractivity contribution is -0.140. The van der Waals surface area contributed by atoms with Crippen LogP contribution in [-0.4, -0.2) is 24.6 Å². The van der Waals surface area contributed by atoms with Gasteiger partial charge in [-0.1, -0.05) is 5.16 Å². The average Bonchev–Trinajstić information content (AvgIpc) is 2.63. The van der Waals surface area contributed by atoms with Crippen LogP contribution < -0.4 is 4.74 Å². The molecule has 0 fully saturated rings. The van der Waals surface area contributed by atoms with Crippen molar-refractivity contribution in [3.05, 3.63) is 29.3 Å². The maximum Gasteiger partial charge on any atom is 0.331 e. The number of hydrogen-bond donors (Lipinski definition) is 0. The van der Waals surface area contributed by atoms with E-state index in [1.165, 1.54) is 6.92 Å². The highest BCUT2D eigenvalue weighted by molar-refractivity contribution is 6.49. The Kier molecular flexibility index (Phi) is 2.91. The molecule has 0 saturated carbocycles. The highest BCUT2D eigenvalue weighted by Gasteiger charge is 2.27. The lowest BCUT2D eigenvalue weighted by Crippen LogP contribution is -2.09. The summed E-state index contributed by atoms with van der Waals surface area (Å²) in [4.78, 5) is 26.9. The predicted molar refractivity (Wildman–Crippen MR) is 60.2 cm³/mol. The van der Waals surface area contributed by atoms with E-state index in [-0.39, 0.29) is 11.5 Å². The first-order chi connectivity index (χ1) is 8.11. The van der Waals surface area contributed by atoms with E-state index < -0.39 is 5.97 Å². The van der Waals surface area contributed by atoms with E-state index in [1.54, 1.807) is 25.3 Å². The van der Waals surface area contributed by atoms with Gasteiger partial charge in [-0.2, -0.15) is 0 Å². The maximum absolute atomic E-state index is 11.8. The number of oxime groups is 1. The highest BCUT2D eigenvalue weighted by Crippen LogP contribution is 2.25. The Morgan fingerprint density at radius 3 is 2.82 bits per heavy atom. The lowest BCUT2D eigenvalue weighted by atomic mass is 10.1. The molecule has 0 heterocycles. The molecule has 0 atom stereocenters. The third kappa shape index (κ3) is 2.18. The Labute approximate surface area is 98.0 Å². The van der Waals surface area contributed by atoms with Crippen LogP contribution in [0.5, 0.6) is 5.75 Å². The Morgan fingerprint density at radius 1 is 1.41 bits per heavy atom. The number of methoxy groups -OCH3 is 1. The summed E-state index contributed by atoms with van der Waals surface area (Å²) in [7, 11) is 1.56. The van der Waals surface area contributed by atoms with E-state index in [4.69, 9.17) is 4.74 Å². The van der Waals surface area contributed by atoms with E-state index >= 15 is 0 Å². The van der Waals surface area contributed by atoms with Gasteiger partial charge in [0.05, 0.1) is 7.11 Å². The second-order valence-electron chi connectivity index (χ2n) is 3.65. The van der Waals surface area contributed by atoms with Crippen LogP contribution in [0.4, 0.5) is 0 Å². The van der Waals surface area contributed by atoms with Gasteiger partial charge in [-0.05, 0) is 23.8 Å². The molecule has 5 nitrogen and oxygen atoms in total. The first-order valence-electron chi connectivity index (χ1n) is 5.08. The second-order valence-corrected chi connectivity index (χ2v) is 3.65. The molecule has 1 aliphatic rings. The molecule has 1 aliphatic carbocycles. The van der Waals surface area contributed by atoms with Crippen molar-refractivity contribution in [1.82, 2.24) is 0 Å². The molecule has 0 aromatic heterocycles. The van der Waals surface area contributed by atoms with Crippen LogP contribution in [0.15, 0.2) is 23.4 Å². The Bertz CT molecular complexity index is 519. The fourth-order valence-electron chi connectivity index (χ4n) is 1.67. The zero-order chi connectivity index (χ0) is 12.4. The van der Waals surface area contributed by atoms with E-state index in [0.29, 0.717) is 17.7 Å². The van der Waals surface area contributed by atoms with Gasteiger partial charge >= 0.3 is 5.97 Å². The monoisotopic (exact) mass is 233 g/mol. The van der Waals surface area contributed by atoms with Crippen LogP contribution in [0.25, 0.3) is 0 Å². The molecule has 17 heavy (non-hydrogen) atoms. The fourth-order valence-corrected chi connectivity index (χ4v) is 1.67. The van der Waals surface area contributed by atoms with Gasteiger partial charge < -0.3 is 9.57 Å². The summed E-state index contributed by atoms with van der Waals surface area (Å²) in [5.74, 6) is -0.0620. The van der Waals surface area contributed by atoms with Crippen molar-refractivity contribution in [2.75, 3.05) is 7.11 Å². The van der Waals surface area contributed by atoms with Crippen LogP contribution in [-0.2, 0) is 16.1 Å². The number of ketones is 1. The molecular formula is C12H11NO4. The SMILES string of the molecule is COc1ccc2c(c1)CC(=NOC(C)=O)C2=O. The Hall–Kier alpha value is -2.17. The molecule has 0 unspecified atom stereocenters. The number of Topliss-reactive ketones (excluding diaryl/α,β-unsaturated/α-hetero) is 1. The summed E-state index contributed by atoms with van der Waals surface area (Å²) in [5, 5.41) is 3.55. The molecule has 0 amide bonds. The van der Waals surface area contributed by atoms with Crippen LogP contribution in [0.3, 0.4) is 0 Å². The van der Waals surface area contributed by atoms with Gasteiger partial charge in [-0.3, -0.25) is 4.79 Å². The standard InChI is InChI=1S/C12H11NO4/c1-7(14)17-13-11-6-8-5-9(16-2)3-4-10(8)12(11)15/h3-5H,6H2,1-2H3. The van der Waals surface area contributed by atoms with Crippen LogP contribution in [0.1, 0.15) is 22.8 Å². The van der Waals surface area contributed by atoms with Crippen molar-refractivity contribution < 1.29 is 19.2 Å². The fraction of sp³-hybridized carbons (Fsp3) is 0.250. The molecule has 1 aromatic rings. The summed E-state index contributed by atoms with van der Waals surface area (Å²) in [6, 6.07) is 5.18. The maximum atomic E-state index is 11.8. The number of hydrogen-bond acceptors (Lipinski definition) is 5. The molecule has 88 valence electrons. The molecule has 5 heteroatoms. The molecule has 0 radical (unpaired) electrons. The van der Waals surface area contributed by atoms with Crippen LogP contribution in [0, 0.1) is 0 Å². The van der Waals surface area contributed by atoms with Gasteiger partial charge in [-0.25, -0.2) is 4.79 Å². The predicted octanol–water partition coefficient (Wildman–Crippen LogP) is 1.35. The number of ether oxygens (including phenoxy) is 1. The summed E-state index contributed by atoms with van der Waals surface area (Å²) in [6.45, 7) is 1.24. The van der Waals surface area contributed by atoms with Gasteiger partial charge in [0, 0.05) is 18.9 Å². The lowest BCUT2D eigenvalue weighted by Gasteiger charge is -2.00. The molecule has 0 bridgehead atoms. The van der Waals surface area contributed by atoms with Crippen molar-refractivity contribution in [1.29, 1.82) is 0 Å². The molecule has 0 spiro atoms. The number of rotatable bonds is 2. The number of nitrogens with zero attached hydrogens (tertiary/aromatic N) is 1. The third-order valence-electron chi connectivity index (χ3n) is 2.46. The summed E-state index contributed by atoms with van der Waals surface area (Å²) in [6.07, 6.45) is 0.360. The molecule has 0 aliphatic heterocycles. The van der Waals surface area contributed by atoms with Gasteiger partial charge in [-0.15, -0.1) is 0 Å². The van der Waals surface area contributed by atoms with Crippen molar-refractivity contribution in [2.24, 2.45) is 5.16 Å². The number of benzene rings is 1. The van der Waals surface area contributed by atoms with Crippen molar-refractivity contribution in [3.63, 3.8) is 0 Å². The van der Waals surface area contributed by atoms with Crippen molar-refractivity contribution in [2.45, 2.75) is 13.3 Å². The number of fused-ring (bicyclic) bond motifs is 1. The smallest absolute Gasteiger partial charge is 0.331 e. The topological polar surface area (TPSA) is 65.0 Å². The number of carbonyl (C=O) groups excluding carboxylic acids is 2. The van der Waals surface area contributed by atoms with Gasteiger partial charge in [0.2, 0.25) is 5.78 Å². The molecular weight excluding hydrogens is 222 g/mol. The summed E-state index contributed by atoms with van der Waals surface area (Å²) < 4.78 is 5.07. The highest BCUT2D eigenvalue weighted by atomic mass is 16.7. The number of carbonyl (C=O) groups is 2. The average molecular weight is 233 g/mol. The molecule has 1 aromatic carbocycles.